The minimum atomic E-state index is -1.37. The molecule has 1 aromatic rings. The average molecular weight is 191 g/mol. The number of anilines is 1. The molecule has 1 heterocycles. The molecule has 3 heteroatoms. The highest BCUT2D eigenvalue weighted by molar-refractivity contribution is 6.05. The van der Waals surface area contributed by atoms with E-state index in [9.17, 15) is 9.90 Å². The summed E-state index contributed by atoms with van der Waals surface area (Å²) in [5.74, 6) is -0.339. The van der Waals surface area contributed by atoms with Gasteiger partial charge in [-0.25, -0.2) is 0 Å². The molecule has 14 heavy (non-hydrogen) atoms. The fraction of sp³-hybridized carbons (Fsp3) is 0.364. The fourth-order valence-corrected chi connectivity index (χ4v) is 1.93. The van der Waals surface area contributed by atoms with Gasteiger partial charge in [-0.2, -0.15) is 0 Å². The van der Waals surface area contributed by atoms with E-state index in [0.29, 0.717) is 0 Å². The third kappa shape index (κ3) is 1.06. The first kappa shape index (κ1) is 9.21. The number of aryl methyl sites for hydroxylation is 1. The molecule has 0 saturated heterocycles. The molecule has 3 nitrogen and oxygen atoms in total. The molecule has 2 rings (SSSR count). The van der Waals surface area contributed by atoms with Crippen LogP contribution in [0.1, 0.15) is 25.0 Å². The molecular weight excluding hydrogens is 178 g/mol. The Morgan fingerprint density at radius 1 is 1.50 bits per heavy atom. The van der Waals surface area contributed by atoms with Crippen LogP contribution in [0, 0.1) is 0 Å². The number of rotatable bonds is 1. The third-order valence-corrected chi connectivity index (χ3v) is 2.71. The summed E-state index contributed by atoms with van der Waals surface area (Å²) in [5.41, 5.74) is 1.11. The monoisotopic (exact) mass is 191 g/mol. The summed E-state index contributed by atoms with van der Waals surface area (Å²) in [6, 6.07) is 5.64. The minimum absolute atomic E-state index is 0.339. The molecule has 0 unspecified atom stereocenters. The van der Waals surface area contributed by atoms with Crippen LogP contribution in [-0.4, -0.2) is 11.0 Å². The highest BCUT2D eigenvalue weighted by Crippen LogP contribution is 2.37. The topological polar surface area (TPSA) is 49.3 Å². The molecule has 0 radical (unpaired) electrons. The van der Waals surface area contributed by atoms with Gasteiger partial charge >= 0.3 is 0 Å². The highest BCUT2D eigenvalue weighted by Gasteiger charge is 2.41. The van der Waals surface area contributed by atoms with Gasteiger partial charge in [-0.05, 0) is 25.0 Å². The molecule has 1 aromatic carbocycles. The van der Waals surface area contributed by atoms with E-state index in [1.165, 1.54) is 6.92 Å². The highest BCUT2D eigenvalue weighted by atomic mass is 16.3. The second-order valence-electron chi connectivity index (χ2n) is 3.72. The summed E-state index contributed by atoms with van der Waals surface area (Å²) in [7, 11) is 0. The first-order chi connectivity index (χ1) is 6.57. The van der Waals surface area contributed by atoms with Gasteiger partial charge in [0.25, 0.3) is 5.91 Å². The van der Waals surface area contributed by atoms with E-state index in [1.807, 2.05) is 25.1 Å². The van der Waals surface area contributed by atoms with Crippen LogP contribution in [0.5, 0.6) is 0 Å². The van der Waals surface area contributed by atoms with Crippen LogP contribution in [0.2, 0.25) is 0 Å². The number of aliphatic hydroxyl groups is 1. The van der Waals surface area contributed by atoms with Crippen LogP contribution in [0.4, 0.5) is 5.69 Å². The van der Waals surface area contributed by atoms with Crippen LogP contribution >= 0.6 is 0 Å². The molecule has 1 amide bonds. The maximum Gasteiger partial charge on any atom is 0.260 e. The predicted octanol–water partition coefficient (Wildman–Crippen LogP) is 1.41. The van der Waals surface area contributed by atoms with Gasteiger partial charge < -0.3 is 10.4 Å². The summed E-state index contributed by atoms with van der Waals surface area (Å²) < 4.78 is 0. The number of amides is 1. The number of carbonyl (C=O) groups excluding carboxylic acids is 1. The number of hydrogen-bond acceptors (Lipinski definition) is 2. The number of fused-ring (bicyclic) bond motifs is 1. The molecule has 0 fully saturated rings. The van der Waals surface area contributed by atoms with Crippen molar-refractivity contribution < 1.29 is 9.90 Å². The molecule has 0 aromatic heterocycles. The van der Waals surface area contributed by atoms with E-state index in [1.54, 1.807) is 0 Å². The van der Waals surface area contributed by atoms with Crippen molar-refractivity contribution in [3.63, 3.8) is 0 Å². The molecule has 0 bridgehead atoms. The Balaban J connectivity index is 2.66. The van der Waals surface area contributed by atoms with Gasteiger partial charge in [-0.3, -0.25) is 4.79 Å². The average Bonchev–Trinajstić information content (AvgIpc) is 2.38. The van der Waals surface area contributed by atoms with Crippen LogP contribution in [-0.2, 0) is 16.8 Å². The van der Waals surface area contributed by atoms with Crippen molar-refractivity contribution in [3.8, 4) is 0 Å². The Morgan fingerprint density at radius 2 is 2.21 bits per heavy atom. The van der Waals surface area contributed by atoms with Crippen LogP contribution in [0.15, 0.2) is 18.2 Å². The molecule has 74 valence electrons. The summed E-state index contributed by atoms with van der Waals surface area (Å²) in [6.45, 7) is 3.54. The number of carbonyl (C=O) groups is 1. The molecule has 2 N–H and O–H groups in total. The van der Waals surface area contributed by atoms with Gasteiger partial charge in [-0.1, -0.05) is 19.1 Å². The maximum atomic E-state index is 11.5. The number of nitrogens with one attached hydrogen (secondary N) is 1. The molecule has 1 aliphatic heterocycles. The smallest absolute Gasteiger partial charge is 0.260 e. The summed E-state index contributed by atoms with van der Waals surface area (Å²) >= 11 is 0. The van der Waals surface area contributed by atoms with Crippen LogP contribution in [0.3, 0.4) is 0 Å². The Kier molecular flexibility index (Phi) is 1.86. The second kappa shape index (κ2) is 2.82. The van der Waals surface area contributed by atoms with Crippen molar-refractivity contribution in [2.75, 3.05) is 5.32 Å². The minimum Gasteiger partial charge on any atom is -0.375 e. The molecule has 1 aliphatic rings. The van der Waals surface area contributed by atoms with E-state index < -0.39 is 5.60 Å². The van der Waals surface area contributed by atoms with Crippen molar-refractivity contribution in [2.24, 2.45) is 0 Å². The zero-order valence-corrected chi connectivity index (χ0v) is 8.29. The second-order valence-corrected chi connectivity index (χ2v) is 3.72. The lowest BCUT2D eigenvalue weighted by Crippen LogP contribution is -2.30. The predicted molar refractivity (Wildman–Crippen MR) is 54.0 cm³/mol. The quantitative estimate of drug-likeness (QED) is 0.705. The first-order valence-electron chi connectivity index (χ1n) is 4.73. The normalized spacial score (nSPS) is 24.6. The van der Waals surface area contributed by atoms with E-state index >= 15 is 0 Å². The Bertz CT molecular complexity index is 396. The lowest BCUT2D eigenvalue weighted by atomic mass is 9.92. The molecular formula is C11H13NO2. The summed E-state index contributed by atoms with van der Waals surface area (Å²) in [4.78, 5) is 11.5. The maximum absolute atomic E-state index is 11.5. The SMILES string of the molecule is CCc1cccc2c1[C@](C)(O)C(=O)N2. The summed E-state index contributed by atoms with van der Waals surface area (Å²) in [6.07, 6.45) is 0.814. The Morgan fingerprint density at radius 3 is 2.86 bits per heavy atom. The fourth-order valence-electron chi connectivity index (χ4n) is 1.93. The van der Waals surface area contributed by atoms with Crippen LogP contribution < -0.4 is 5.32 Å². The van der Waals surface area contributed by atoms with E-state index in [4.69, 9.17) is 0 Å². The van der Waals surface area contributed by atoms with Gasteiger partial charge in [0.1, 0.15) is 0 Å². The molecule has 0 saturated carbocycles. The Labute approximate surface area is 82.8 Å². The van der Waals surface area contributed by atoms with Crippen molar-refractivity contribution >= 4 is 11.6 Å². The van der Waals surface area contributed by atoms with Crippen molar-refractivity contribution in [1.82, 2.24) is 0 Å². The third-order valence-electron chi connectivity index (χ3n) is 2.71. The molecule has 1 atom stereocenters. The van der Waals surface area contributed by atoms with Crippen molar-refractivity contribution in [1.29, 1.82) is 0 Å². The zero-order chi connectivity index (χ0) is 10.3. The van der Waals surface area contributed by atoms with Gasteiger partial charge in [0.2, 0.25) is 0 Å². The lowest BCUT2D eigenvalue weighted by Gasteiger charge is -2.16. The summed E-state index contributed by atoms with van der Waals surface area (Å²) in [5, 5.41) is 12.7. The van der Waals surface area contributed by atoms with Gasteiger partial charge in [0, 0.05) is 11.3 Å². The Hall–Kier alpha value is -1.35. The van der Waals surface area contributed by atoms with Crippen molar-refractivity contribution in [2.45, 2.75) is 25.9 Å². The zero-order valence-electron chi connectivity index (χ0n) is 8.29. The van der Waals surface area contributed by atoms with E-state index in [2.05, 4.69) is 5.32 Å². The van der Waals surface area contributed by atoms with E-state index in [0.717, 1.165) is 23.2 Å². The number of benzene rings is 1. The van der Waals surface area contributed by atoms with Gasteiger partial charge in [-0.15, -0.1) is 0 Å². The first-order valence-corrected chi connectivity index (χ1v) is 4.73. The largest absolute Gasteiger partial charge is 0.375 e. The molecule has 0 spiro atoms. The van der Waals surface area contributed by atoms with Gasteiger partial charge in [0.15, 0.2) is 5.60 Å². The lowest BCUT2D eigenvalue weighted by molar-refractivity contribution is -0.131. The number of hydrogen-bond donors (Lipinski definition) is 2. The van der Waals surface area contributed by atoms with Crippen LogP contribution in [0.25, 0.3) is 0 Å². The standard InChI is InChI=1S/C11H13NO2/c1-3-7-5-4-6-8-9(7)11(2,14)10(13)12-8/h4-6,14H,3H2,1-2H3,(H,12,13)/t11-/m0/s1. The molecule has 0 aliphatic carbocycles. The van der Waals surface area contributed by atoms with Crippen molar-refractivity contribution in [3.05, 3.63) is 29.3 Å². The van der Waals surface area contributed by atoms with Gasteiger partial charge in [0.05, 0.1) is 0 Å². The van der Waals surface area contributed by atoms with E-state index in [-0.39, 0.29) is 5.91 Å².